The zero-order valence-electron chi connectivity index (χ0n) is 24.5. The lowest BCUT2D eigenvalue weighted by Gasteiger charge is -2.38. The van der Waals surface area contributed by atoms with Crippen LogP contribution < -0.4 is 16.1 Å². The third-order valence-electron chi connectivity index (χ3n) is 8.56. The first kappa shape index (κ1) is 30.3. The van der Waals surface area contributed by atoms with Gasteiger partial charge >= 0.3 is 11.4 Å². The lowest BCUT2D eigenvalue weighted by Crippen LogP contribution is -2.44. The molecule has 7 rings (SSSR count). The van der Waals surface area contributed by atoms with Gasteiger partial charge in [-0.15, -0.1) is 10.2 Å². The van der Waals surface area contributed by atoms with Crippen molar-refractivity contribution >= 4 is 27.2 Å². The van der Waals surface area contributed by atoms with Crippen LogP contribution >= 0.6 is 15.9 Å². The zero-order chi connectivity index (χ0) is 30.5. The van der Waals surface area contributed by atoms with Crippen LogP contribution in [0.3, 0.4) is 0 Å². The summed E-state index contributed by atoms with van der Waals surface area (Å²) in [5.74, 6) is 0.532. The lowest BCUT2D eigenvalue weighted by molar-refractivity contribution is 0.0767. The van der Waals surface area contributed by atoms with Crippen molar-refractivity contribution in [2.45, 2.75) is 63.7 Å². The van der Waals surface area contributed by atoms with Crippen molar-refractivity contribution in [3.63, 3.8) is 0 Å². The quantitative estimate of drug-likeness (QED) is 0.202. The molecule has 2 fully saturated rings. The molecule has 0 amide bonds. The van der Waals surface area contributed by atoms with Crippen LogP contribution in [0.5, 0.6) is 5.75 Å². The SMILES string of the molecule is O=c1n(CCCBr)nc2ccccn12.O=c1n(CCCN2C3CCC2CC(COc2ccccc2F)C3)nc2ccccn12. The number of halogens is 2. The average Bonchev–Trinajstić information content (AvgIpc) is 3.62. The Balaban J connectivity index is 0.000000205. The van der Waals surface area contributed by atoms with E-state index in [2.05, 4.69) is 31.0 Å². The highest BCUT2D eigenvalue weighted by Gasteiger charge is 2.40. The molecule has 10 nitrogen and oxygen atoms in total. The number of aromatic nitrogens is 6. The number of aryl methyl sites for hydroxylation is 2. The van der Waals surface area contributed by atoms with E-state index in [0.29, 0.717) is 54.7 Å². The van der Waals surface area contributed by atoms with Crippen LogP contribution in [0, 0.1) is 11.7 Å². The highest BCUT2D eigenvalue weighted by Crippen LogP contribution is 2.39. The molecule has 2 atom stereocenters. The number of pyridine rings is 2. The first-order valence-electron chi connectivity index (χ1n) is 15.3. The van der Waals surface area contributed by atoms with Gasteiger partial charge in [0.1, 0.15) is 0 Å². The molecule has 44 heavy (non-hydrogen) atoms. The van der Waals surface area contributed by atoms with Gasteiger partial charge in [-0.2, -0.15) is 0 Å². The molecule has 0 N–H and O–H groups in total. The van der Waals surface area contributed by atoms with E-state index in [9.17, 15) is 14.0 Å². The Morgan fingerprint density at radius 2 is 1.34 bits per heavy atom. The van der Waals surface area contributed by atoms with Gasteiger partial charge in [0.05, 0.1) is 6.61 Å². The molecule has 12 heteroatoms. The molecule has 2 saturated heterocycles. The van der Waals surface area contributed by atoms with Crippen molar-refractivity contribution in [2.24, 2.45) is 5.92 Å². The molecule has 5 aromatic rings. The molecule has 0 aliphatic carbocycles. The smallest absolute Gasteiger partial charge is 0.350 e. The molecule has 4 aromatic heterocycles. The Bertz CT molecular complexity index is 1800. The van der Waals surface area contributed by atoms with Gasteiger partial charge in [-0.3, -0.25) is 13.7 Å². The summed E-state index contributed by atoms with van der Waals surface area (Å²) >= 11 is 3.33. The number of nitrogens with zero attached hydrogens (tertiary/aromatic N) is 7. The molecule has 0 spiro atoms. The number of para-hydroxylation sites is 1. The third-order valence-corrected chi connectivity index (χ3v) is 9.12. The number of hydrogen-bond acceptors (Lipinski definition) is 6. The van der Waals surface area contributed by atoms with Crippen LogP contribution in [0.15, 0.2) is 82.6 Å². The molecule has 1 aromatic carbocycles. The largest absolute Gasteiger partial charge is 0.490 e. The van der Waals surface area contributed by atoms with Crippen molar-refractivity contribution in [1.82, 2.24) is 33.3 Å². The molecular formula is C32H37BrFN7O3. The van der Waals surface area contributed by atoms with Crippen LogP contribution in [-0.4, -0.2) is 63.8 Å². The van der Waals surface area contributed by atoms with E-state index in [-0.39, 0.29) is 17.2 Å². The summed E-state index contributed by atoms with van der Waals surface area (Å²) in [6.07, 6.45) is 9.94. The Morgan fingerprint density at radius 1 is 0.773 bits per heavy atom. The topological polar surface area (TPSA) is 91.1 Å². The van der Waals surface area contributed by atoms with E-state index in [0.717, 1.165) is 37.6 Å². The first-order chi connectivity index (χ1) is 21.5. The summed E-state index contributed by atoms with van der Waals surface area (Å²) in [5.41, 5.74) is 1.25. The highest BCUT2D eigenvalue weighted by molar-refractivity contribution is 9.09. The summed E-state index contributed by atoms with van der Waals surface area (Å²) in [5, 5.41) is 9.50. The fourth-order valence-electron chi connectivity index (χ4n) is 6.50. The van der Waals surface area contributed by atoms with Crippen molar-refractivity contribution < 1.29 is 9.13 Å². The maximum absolute atomic E-state index is 13.8. The van der Waals surface area contributed by atoms with Crippen LogP contribution in [0.1, 0.15) is 38.5 Å². The van der Waals surface area contributed by atoms with E-state index >= 15 is 0 Å². The number of benzene rings is 1. The van der Waals surface area contributed by atoms with Crippen molar-refractivity contribution in [2.75, 3.05) is 18.5 Å². The molecule has 232 valence electrons. The highest BCUT2D eigenvalue weighted by atomic mass is 79.9. The fourth-order valence-corrected chi connectivity index (χ4v) is 6.75. The Labute approximate surface area is 262 Å². The third kappa shape index (κ3) is 6.66. The summed E-state index contributed by atoms with van der Waals surface area (Å²) in [6, 6.07) is 18.9. The average molecular weight is 667 g/mol. The maximum atomic E-state index is 13.8. The summed E-state index contributed by atoms with van der Waals surface area (Å²) < 4.78 is 25.8. The second kappa shape index (κ2) is 13.9. The van der Waals surface area contributed by atoms with Crippen molar-refractivity contribution in [1.29, 1.82) is 0 Å². The van der Waals surface area contributed by atoms with Gasteiger partial charge in [0.2, 0.25) is 0 Å². The van der Waals surface area contributed by atoms with Crippen molar-refractivity contribution in [3.05, 3.63) is 99.8 Å². The minimum absolute atomic E-state index is 0.0680. The molecule has 6 heterocycles. The molecular weight excluding hydrogens is 629 g/mol. The minimum Gasteiger partial charge on any atom is -0.490 e. The summed E-state index contributed by atoms with van der Waals surface area (Å²) in [7, 11) is 0. The van der Waals surface area contributed by atoms with Gasteiger partial charge < -0.3 is 4.74 Å². The Morgan fingerprint density at radius 3 is 1.91 bits per heavy atom. The Kier molecular flexibility index (Phi) is 9.56. The number of ether oxygens (including phenoxy) is 1. The van der Waals surface area contributed by atoms with Gasteiger partial charge in [-0.1, -0.05) is 40.2 Å². The van der Waals surface area contributed by atoms with Gasteiger partial charge in [0, 0.05) is 49.4 Å². The molecule has 0 saturated carbocycles. The van der Waals surface area contributed by atoms with Crippen LogP contribution in [0.4, 0.5) is 4.39 Å². The summed E-state index contributed by atoms with van der Waals surface area (Å²) in [4.78, 5) is 26.7. The van der Waals surface area contributed by atoms with E-state index in [1.807, 2.05) is 36.4 Å². The normalized spacial score (nSPS) is 19.7. The van der Waals surface area contributed by atoms with E-state index < -0.39 is 0 Å². The van der Waals surface area contributed by atoms with Gasteiger partial charge in [-0.25, -0.2) is 23.3 Å². The lowest BCUT2D eigenvalue weighted by atomic mass is 9.91. The number of hydrogen-bond donors (Lipinski definition) is 0. The standard InChI is InChI=1S/C23H27FN4O2.C9H10BrN3O/c24-20-6-1-2-7-21(20)30-16-17-14-18-9-10-19(15-17)26(18)12-5-13-28-23(29)27-11-4-3-8-22(27)25-28;10-5-3-7-13-9(14)12-6-2-1-4-8(12)11-13/h1-4,6-8,11,17-19H,5,9-10,12-16H2;1-2,4,6H,3,5,7H2. The van der Waals surface area contributed by atoms with Crippen LogP contribution in [-0.2, 0) is 13.1 Å². The van der Waals surface area contributed by atoms with Gasteiger partial charge in [0.15, 0.2) is 22.9 Å². The Hall–Kier alpha value is -3.77. The van der Waals surface area contributed by atoms with E-state index in [1.54, 1.807) is 44.1 Å². The second-order valence-electron chi connectivity index (χ2n) is 11.5. The number of rotatable bonds is 10. The van der Waals surface area contributed by atoms with Crippen LogP contribution in [0.2, 0.25) is 0 Å². The number of fused-ring (bicyclic) bond motifs is 4. The van der Waals surface area contributed by atoms with Gasteiger partial charge in [-0.05, 0) is 80.8 Å². The molecule has 0 radical (unpaired) electrons. The molecule has 2 unspecified atom stereocenters. The monoisotopic (exact) mass is 665 g/mol. The predicted octanol–water partition coefficient (Wildman–Crippen LogP) is 4.63. The minimum atomic E-state index is -0.292. The fraction of sp³-hybridized carbons (Fsp3) is 0.438. The van der Waals surface area contributed by atoms with E-state index in [4.69, 9.17) is 4.74 Å². The van der Waals surface area contributed by atoms with Crippen LogP contribution in [0.25, 0.3) is 11.3 Å². The zero-order valence-corrected chi connectivity index (χ0v) is 26.1. The summed E-state index contributed by atoms with van der Waals surface area (Å²) in [6.45, 7) is 2.86. The molecule has 2 aliphatic heterocycles. The second-order valence-corrected chi connectivity index (χ2v) is 12.3. The molecule has 2 bridgehead atoms. The maximum Gasteiger partial charge on any atom is 0.350 e. The van der Waals surface area contributed by atoms with E-state index in [1.165, 1.54) is 23.6 Å². The predicted molar refractivity (Wildman–Crippen MR) is 170 cm³/mol. The van der Waals surface area contributed by atoms with Crippen molar-refractivity contribution in [3.8, 4) is 5.75 Å². The van der Waals surface area contributed by atoms with Gasteiger partial charge in [0.25, 0.3) is 0 Å². The number of piperidine rings is 1. The first-order valence-corrected chi connectivity index (χ1v) is 16.4. The molecule has 2 aliphatic rings. The number of alkyl halides is 1.